The van der Waals surface area contributed by atoms with E-state index in [9.17, 15) is 9.59 Å². The Hall–Kier alpha value is -1.59. The summed E-state index contributed by atoms with van der Waals surface area (Å²) in [6.07, 6.45) is 0. The maximum Gasteiger partial charge on any atom is 0.251 e. The number of likely N-dealkylation sites (N-methyl/N-ethyl adjacent to an activating group) is 1. The van der Waals surface area contributed by atoms with Crippen molar-refractivity contribution in [3.05, 3.63) is 34.9 Å². The van der Waals surface area contributed by atoms with Gasteiger partial charge in [-0.15, -0.1) is 0 Å². The predicted molar refractivity (Wildman–Crippen MR) is 75.3 cm³/mol. The lowest BCUT2D eigenvalue weighted by Crippen LogP contribution is -2.46. The van der Waals surface area contributed by atoms with Crippen LogP contribution in [0.25, 0.3) is 0 Å². The first-order valence-corrected chi connectivity index (χ1v) is 6.41. The SMILES string of the molecule is CNCCNC(=O)C(C)NC(=O)c1ccc(Cl)cc1. The molecule has 0 radical (unpaired) electrons. The smallest absolute Gasteiger partial charge is 0.251 e. The average Bonchev–Trinajstić information content (AvgIpc) is 2.39. The van der Waals surface area contributed by atoms with Crippen LogP contribution in [0.15, 0.2) is 24.3 Å². The molecule has 0 fully saturated rings. The molecule has 0 aliphatic rings. The van der Waals surface area contributed by atoms with Gasteiger partial charge in [0.2, 0.25) is 5.91 Å². The quantitative estimate of drug-likeness (QED) is 0.676. The van der Waals surface area contributed by atoms with Gasteiger partial charge >= 0.3 is 0 Å². The zero-order chi connectivity index (χ0) is 14.3. The van der Waals surface area contributed by atoms with Crippen LogP contribution in [0, 0.1) is 0 Å². The molecule has 0 spiro atoms. The summed E-state index contributed by atoms with van der Waals surface area (Å²) >= 11 is 5.74. The molecule has 2 amide bonds. The third kappa shape index (κ3) is 5.28. The number of rotatable bonds is 6. The third-order valence-corrected chi connectivity index (χ3v) is 2.77. The second-order valence-electron chi connectivity index (χ2n) is 4.10. The molecular formula is C13H18ClN3O2. The Bertz CT molecular complexity index is 434. The van der Waals surface area contributed by atoms with Gasteiger partial charge in [0.15, 0.2) is 0 Å². The van der Waals surface area contributed by atoms with E-state index in [0.29, 0.717) is 23.7 Å². The van der Waals surface area contributed by atoms with Crippen molar-refractivity contribution in [1.29, 1.82) is 0 Å². The van der Waals surface area contributed by atoms with E-state index in [1.807, 2.05) is 0 Å². The highest BCUT2D eigenvalue weighted by Crippen LogP contribution is 2.09. The first kappa shape index (κ1) is 15.5. The molecule has 0 bridgehead atoms. The highest BCUT2D eigenvalue weighted by Gasteiger charge is 2.15. The monoisotopic (exact) mass is 283 g/mol. The Kier molecular flexibility index (Phi) is 6.32. The summed E-state index contributed by atoms with van der Waals surface area (Å²) in [5, 5.41) is 8.82. The van der Waals surface area contributed by atoms with E-state index in [0.717, 1.165) is 0 Å². The van der Waals surface area contributed by atoms with Gasteiger partial charge in [0.1, 0.15) is 6.04 Å². The van der Waals surface area contributed by atoms with Gasteiger partial charge in [-0.25, -0.2) is 0 Å². The van der Waals surface area contributed by atoms with Crippen LogP contribution in [-0.2, 0) is 4.79 Å². The van der Waals surface area contributed by atoms with E-state index in [2.05, 4.69) is 16.0 Å². The fourth-order valence-corrected chi connectivity index (χ4v) is 1.54. The van der Waals surface area contributed by atoms with Crippen molar-refractivity contribution in [2.24, 2.45) is 0 Å². The Morgan fingerprint density at radius 1 is 1.21 bits per heavy atom. The van der Waals surface area contributed by atoms with E-state index in [-0.39, 0.29) is 11.8 Å². The summed E-state index contributed by atoms with van der Waals surface area (Å²) in [5.41, 5.74) is 0.472. The molecule has 0 aromatic heterocycles. The number of carbonyl (C=O) groups is 2. The zero-order valence-corrected chi connectivity index (χ0v) is 11.8. The van der Waals surface area contributed by atoms with E-state index in [1.54, 1.807) is 38.2 Å². The molecule has 1 aromatic carbocycles. The fraction of sp³-hybridized carbons (Fsp3) is 0.385. The van der Waals surface area contributed by atoms with Crippen molar-refractivity contribution in [3.8, 4) is 0 Å². The van der Waals surface area contributed by atoms with Gasteiger partial charge in [-0.2, -0.15) is 0 Å². The summed E-state index contributed by atoms with van der Waals surface area (Å²) in [6, 6.07) is 5.91. The first-order valence-electron chi connectivity index (χ1n) is 6.03. The maximum atomic E-state index is 11.9. The molecule has 0 saturated heterocycles. The maximum absolute atomic E-state index is 11.9. The minimum atomic E-state index is -0.583. The van der Waals surface area contributed by atoms with Gasteiger partial charge in [-0.1, -0.05) is 11.6 Å². The molecule has 0 heterocycles. The molecular weight excluding hydrogens is 266 g/mol. The number of hydrogen-bond acceptors (Lipinski definition) is 3. The largest absolute Gasteiger partial charge is 0.353 e. The molecule has 0 saturated carbocycles. The van der Waals surface area contributed by atoms with Crippen LogP contribution in [0.4, 0.5) is 0 Å². The average molecular weight is 284 g/mol. The van der Waals surface area contributed by atoms with Crippen LogP contribution in [0.3, 0.4) is 0 Å². The predicted octanol–water partition coefficient (Wildman–Crippen LogP) is 0.794. The van der Waals surface area contributed by atoms with Gasteiger partial charge in [-0.05, 0) is 38.2 Å². The summed E-state index contributed by atoms with van der Waals surface area (Å²) < 4.78 is 0. The minimum Gasteiger partial charge on any atom is -0.353 e. The second kappa shape index (κ2) is 7.76. The Morgan fingerprint density at radius 2 is 1.84 bits per heavy atom. The summed E-state index contributed by atoms with van der Waals surface area (Å²) in [4.78, 5) is 23.5. The minimum absolute atomic E-state index is 0.211. The van der Waals surface area contributed by atoms with Crippen LogP contribution < -0.4 is 16.0 Å². The summed E-state index contributed by atoms with van der Waals surface area (Å²) in [5.74, 6) is -0.509. The first-order chi connectivity index (χ1) is 9.04. The van der Waals surface area contributed by atoms with Crippen molar-refractivity contribution in [2.75, 3.05) is 20.1 Å². The van der Waals surface area contributed by atoms with Crippen molar-refractivity contribution in [3.63, 3.8) is 0 Å². The lowest BCUT2D eigenvalue weighted by Gasteiger charge is -2.14. The van der Waals surface area contributed by atoms with Gasteiger partial charge in [0.25, 0.3) is 5.91 Å². The second-order valence-corrected chi connectivity index (χ2v) is 4.53. The summed E-state index contributed by atoms with van der Waals surface area (Å²) in [6.45, 7) is 2.85. The molecule has 1 unspecified atom stereocenters. The Labute approximate surface area is 117 Å². The van der Waals surface area contributed by atoms with Crippen LogP contribution in [0.1, 0.15) is 17.3 Å². The van der Waals surface area contributed by atoms with E-state index in [4.69, 9.17) is 11.6 Å². The molecule has 1 atom stereocenters. The van der Waals surface area contributed by atoms with E-state index >= 15 is 0 Å². The molecule has 0 aliphatic heterocycles. The fourth-order valence-electron chi connectivity index (χ4n) is 1.41. The van der Waals surface area contributed by atoms with Crippen LogP contribution >= 0.6 is 11.6 Å². The van der Waals surface area contributed by atoms with E-state index in [1.165, 1.54) is 0 Å². The molecule has 104 valence electrons. The molecule has 1 rings (SSSR count). The standard InChI is InChI=1S/C13H18ClN3O2/c1-9(12(18)16-8-7-15-2)17-13(19)10-3-5-11(14)6-4-10/h3-6,9,15H,7-8H2,1-2H3,(H,16,18)(H,17,19). The number of nitrogens with one attached hydrogen (secondary N) is 3. The van der Waals surface area contributed by atoms with Gasteiger partial charge < -0.3 is 16.0 Å². The van der Waals surface area contributed by atoms with Crippen LogP contribution in [0.2, 0.25) is 5.02 Å². The third-order valence-electron chi connectivity index (χ3n) is 2.52. The van der Waals surface area contributed by atoms with Gasteiger partial charge in [0.05, 0.1) is 0 Å². The van der Waals surface area contributed by atoms with E-state index < -0.39 is 6.04 Å². The molecule has 19 heavy (non-hydrogen) atoms. The van der Waals surface area contributed by atoms with Crippen LogP contribution in [0.5, 0.6) is 0 Å². The summed E-state index contributed by atoms with van der Waals surface area (Å²) in [7, 11) is 1.80. The molecule has 0 aliphatic carbocycles. The molecule has 5 nitrogen and oxygen atoms in total. The van der Waals surface area contributed by atoms with Crippen molar-refractivity contribution in [1.82, 2.24) is 16.0 Å². The Morgan fingerprint density at radius 3 is 2.42 bits per heavy atom. The van der Waals surface area contributed by atoms with Gasteiger partial charge in [0, 0.05) is 23.7 Å². The number of benzene rings is 1. The topological polar surface area (TPSA) is 70.2 Å². The number of carbonyl (C=O) groups excluding carboxylic acids is 2. The van der Waals surface area contributed by atoms with Crippen LogP contribution in [-0.4, -0.2) is 38.0 Å². The highest BCUT2D eigenvalue weighted by molar-refractivity contribution is 6.30. The molecule has 3 N–H and O–H groups in total. The van der Waals surface area contributed by atoms with Crippen molar-refractivity contribution < 1.29 is 9.59 Å². The van der Waals surface area contributed by atoms with Gasteiger partial charge in [-0.3, -0.25) is 9.59 Å². The van der Waals surface area contributed by atoms with Crippen molar-refractivity contribution >= 4 is 23.4 Å². The number of hydrogen-bond donors (Lipinski definition) is 3. The molecule has 6 heteroatoms. The number of halogens is 1. The lowest BCUT2D eigenvalue weighted by atomic mass is 10.2. The zero-order valence-electron chi connectivity index (χ0n) is 11.0. The normalized spacial score (nSPS) is 11.7. The highest BCUT2D eigenvalue weighted by atomic mass is 35.5. The Balaban J connectivity index is 2.47. The lowest BCUT2D eigenvalue weighted by molar-refractivity contribution is -0.122. The molecule has 1 aromatic rings. The van der Waals surface area contributed by atoms with Crippen molar-refractivity contribution in [2.45, 2.75) is 13.0 Å². The number of amides is 2.